The summed E-state index contributed by atoms with van der Waals surface area (Å²) in [5.74, 6) is 2.71. The molecule has 140 valence electrons. The predicted octanol–water partition coefficient (Wildman–Crippen LogP) is 3.04. The van der Waals surface area contributed by atoms with Crippen molar-refractivity contribution in [2.24, 2.45) is 0 Å². The number of halogens is 1. The lowest BCUT2D eigenvalue weighted by molar-refractivity contribution is 0.141. The molecule has 2 fully saturated rings. The Morgan fingerprint density at radius 1 is 0.846 bits per heavy atom. The van der Waals surface area contributed by atoms with Crippen molar-refractivity contribution in [3.05, 3.63) is 53.1 Å². The van der Waals surface area contributed by atoms with Crippen molar-refractivity contribution in [3.8, 4) is 17.2 Å². The molecular formula is C20H25ClN2O3. The van der Waals surface area contributed by atoms with Gasteiger partial charge in [0.1, 0.15) is 29.5 Å². The van der Waals surface area contributed by atoms with Gasteiger partial charge in [-0.25, -0.2) is 0 Å². The quantitative estimate of drug-likeness (QED) is 0.840. The Kier molecular flexibility index (Phi) is 6.61. The number of aryl methyl sites for hydroxylation is 1. The van der Waals surface area contributed by atoms with Crippen molar-refractivity contribution in [1.29, 1.82) is 0 Å². The average molecular weight is 377 g/mol. The molecule has 2 aromatic rings. The van der Waals surface area contributed by atoms with E-state index < -0.39 is 0 Å². The molecule has 2 heterocycles. The predicted molar refractivity (Wildman–Crippen MR) is 104 cm³/mol. The first-order valence-electron chi connectivity index (χ1n) is 8.79. The number of hydrogen-bond donors (Lipinski definition) is 2. The maximum Gasteiger partial charge on any atom is 0.123 e. The molecule has 0 aromatic heterocycles. The molecule has 0 bridgehead atoms. The third-order valence-corrected chi connectivity index (χ3v) is 4.52. The molecule has 2 aliphatic rings. The lowest BCUT2D eigenvalue weighted by Gasteiger charge is -2.28. The van der Waals surface area contributed by atoms with Crippen LogP contribution in [-0.4, -0.2) is 45.5 Å². The second-order valence-corrected chi connectivity index (χ2v) is 6.82. The van der Waals surface area contributed by atoms with Crippen LogP contribution in [0.5, 0.6) is 17.2 Å². The number of hydrogen-bond acceptors (Lipinski definition) is 5. The Morgan fingerprint density at radius 2 is 1.42 bits per heavy atom. The highest BCUT2D eigenvalue weighted by molar-refractivity contribution is 6.30. The Labute approximate surface area is 159 Å². The number of ether oxygens (including phenoxy) is 3. The lowest BCUT2D eigenvalue weighted by atomic mass is 10.2. The van der Waals surface area contributed by atoms with Crippen LogP contribution in [0.15, 0.2) is 42.5 Å². The van der Waals surface area contributed by atoms with E-state index in [1.54, 1.807) is 7.11 Å². The summed E-state index contributed by atoms with van der Waals surface area (Å²) in [4.78, 5) is 0. The molecule has 0 amide bonds. The van der Waals surface area contributed by atoms with E-state index in [1.165, 1.54) is 0 Å². The molecule has 2 N–H and O–H groups in total. The molecule has 5 nitrogen and oxygen atoms in total. The number of rotatable bonds is 5. The molecule has 0 atom stereocenters. The molecule has 6 heteroatoms. The molecule has 0 spiro atoms. The smallest absolute Gasteiger partial charge is 0.123 e. The van der Waals surface area contributed by atoms with Crippen LogP contribution in [0.1, 0.15) is 5.56 Å². The van der Waals surface area contributed by atoms with Crippen LogP contribution in [0.25, 0.3) is 0 Å². The van der Waals surface area contributed by atoms with Crippen LogP contribution >= 0.6 is 11.6 Å². The fourth-order valence-electron chi connectivity index (χ4n) is 2.46. The largest absolute Gasteiger partial charge is 0.497 e. The third-order valence-electron chi connectivity index (χ3n) is 4.28. The van der Waals surface area contributed by atoms with Gasteiger partial charge in [0.15, 0.2) is 0 Å². The molecule has 26 heavy (non-hydrogen) atoms. The first-order chi connectivity index (χ1) is 12.6. The molecule has 4 rings (SSSR count). The highest BCUT2D eigenvalue weighted by Gasteiger charge is 2.19. The molecule has 2 aliphatic heterocycles. The zero-order valence-electron chi connectivity index (χ0n) is 15.1. The van der Waals surface area contributed by atoms with E-state index in [4.69, 9.17) is 25.8 Å². The fourth-order valence-corrected chi connectivity index (χ4v) is 2.69. The number of methoxy groups -OCH3 is 1. The van der Waals surface area contributed by atoms with E-state index in [2.05, 4.69) is 10.6 Å². The summed E-state index contributed by atoms with van der Waals surface area (Å²) in [6, 6.07) is 13.4. The molecule has 0 saturated carbocycles. The topological polar surface area (TPSA) is 51.8 Å². The summed E-state index contributed by atoms with van der Waals surface area (Å²) in [7, 11) is 1.66. The van der Waals surface area contributed by atoms with Gasteiger partial charge in [0.2, 0.25) is 0 Å². The first kappa shape index (κ1) is 18.8. The van der Waals surface area contributed by atoms with E-state index in [-0.39, 0.29) is 0 Å². The average Bonchev–Trinajstić information content (AvgIpc) is 2.57. The summed E-state index contributed by atoms with van der Waals surface area (Å²) >= 11 is 5.83. The maximum atomic E-state index is 5.83. The van der Waals surface area contributed by atoms with Gasteiger partial charge >= 0.3 is 0 Å². The molecule has 0 aliphatic carbocycles. The second kappa shape index (κ2) is 9.12. The standard InChI is InChI=1S/C10H12ClNO.C10H13NO2/c1-7-4-8(11)2-3-10(7)13-9-5-12-6-9;1-12-8-2-4-9(5-3-8)13-10-6-11-7-10/h2-4,9,12H,5-6H2,1H3;2-5,10-11H,6-7H2,1H3. The van der Waals surface area contributed by atoms with E-state index in [0.717, 1.165) is 54.0 Å². The monoisotopic (exact) mass is 376 g/mol. The van der Waals surface area contributed by atoms with E-state index in [1.807, 2.05) is 49.4 Å². The third kappa shape index (κ3) is 5.27. The molecule has 0 unspecified atom stereocenters. The molecule has 0 radical (unpaired) electrons. The Morgan fingerprint density at radius 3 is 1.92 bits per heavy atom. The summed E-state index contributed by atoms with van der Waals surface area (Å²) in [6.45, 7) is 5.80. The zero-order chi connectivity index (χ0) is 18.4. The van der Waals surface area contributed by atoms with Gasteiger partial charge in [-0.2, -0.15) is 0 Å². The van der Waals surface area contributed by atoms with Crippen molar-refractivity contribution >= 4 is 11.6 Å². The van der Waals surface area contributed by atoms with Crippen LogP contribution in [-0.2, 0) is 0 Å². The minimum atomic E-state index is 0.333. The van der Waals surface area contributed by atoms with Crippen LogP contribution in [0.3, 0.4) is 0 Å². The van der Waals surface area contributed by atoms with Crippen LogP contribution in [0.2, 0.25) is 5.02 Å². The van der Waals surface area contributed by atoms with Gasteiger partial charge in [0.25, 0.3) is 0 Å². The highest BCUT2D eigenvalue weighted by atomic mass is 35.5. The lowest BCUT2D eigenvalue weighted by Crippen LogP contribution is -2.50. The Balaban J connectivity index is 0.000000151. The van der Waals surface area contributed by atoms with Crippen LogP contribution < -0.4 is 24.8 Å². The van der Waals surface area contributed by atoms with Gasteiger partial charge in [0.05, 0.1) is 7.11 Å². The maximum absolute atomic E-state index is 5.83. The molecule has 2 aromatic carbocycles. The van der Waals surface area contributed by atoms with Crippen molar-refractivity contribution in [2.75, 3.05) is 33.3 Å². The van der Waals surface area contributed by atoms with Gasteiger partial charge in [-0.1, -0.05) is 11.6 Å². The summed E-state index contributed by atoms with van der Waals surface area (Å²) < 4.78 is 16.4. The van der Waals surface area contributed by atoms with Crippen LogP contribution in [0, 0.1) is 6.92 Å². The van der Waals surface area contributed by atoms with Crippen molar-refractivity contribution in [1.82, 2.24) is 10.6 Å². The highest BCUT2D eigenvalue weighted by Crippen LogP contribution is 2.23. The molecular weight excluding hydrogens is 352 g/mol. The van der Waals surface area contributed by atoms with E-state index >= 15 is 0 Å². The second-order valence-electron chi connectivity index (χ2n) is 6.38. The number of benzene rings is 2. The number of nitrogens with one attached hydrogen (secondary N) is 2. The van der Waals surface area contributed by atoms with Gasteiger partial charge in [-0.15, -0.1) is 0 Å². The van der Waals surface area contributed by atoms with Crippen molar-refractivity contribution in [3.63, 3.8) is 0 Å². The van der Waals surface area contributed by atoms with E-state index in [0.29, 0.717) is 12.2 Å². The Hall–Kier alpha value is -1.95. The first-order valence-corrected chi connectivity index (χ1v) is 9.17. The zero-order valence-corrected chi connectivity index (χ0v) is 15.9. The minimum Gasteiger partial charge on any atom is -0.497 e. The fraction of sp³-hybridized carbons (Fsp3) is 0.400. The Bertz CT molecular complexity index is 701. The molecule has 2 saturated heterocycles. The minimum absolute atomic E-state index is 0.333. The summed E-state index contributed by atoms with van der Waals surface area (Å²) in [5, 5.41) is 7.08. The summed E-state index contributed by atoms with van der Waals surface area (Å²) in [6.07, 6.45) is 0.674. The van der Waals surface area contributed by atoms with Gasteiger partial charge < -0.3 is 24.8 Å². The van der Waals surface area contributed by atoms with Gasteiger partial charge in [0, 0.05) is 31.2 Å². The van der Waals surface area contributed by atoms with Crippen molar-refractivity contribution < 1.29 is 14.2 Å². The van der Waals surface area contributed by atoms with Gasteiger partial charge in [-0.3, -0.25) is 0 Å². The summed E-state index contributed by atoms with van der Waals surface area (Å²) in [5.41, 5.74) is 1.10. The van der Waals surface area contributed by atoms with Gasteiger partial charge in [-0.05, 0) is 55.0 Å². The van der Waals surface area contributed by atoms with Crippen molar-refractivity contribution in [2.45, 2.75) is 19.1 Å². The van der Waals surface area contributed by atoms with Crippen LogP contribution in [0.4, 0.5) is 0 Å². The normalized spacial score (nSPS) is 16.6. The van der Waals surface area contributed by atoms with E-state index in [9.17, 15) is 0 Å². The SMILES string of the molecule is COc1ccc(OC2CNC2)cc1.Cc1cc(Cl)ccc1OC1CNC1.